The number of amides is 1. The van der Waals surface area contributed by atoms with E-state index in [9.17, 15) is 4.79 Å². The van der Waals surface area contributed by atoms with Gasteiger partial charge in [0.15, 0.2) is 0 Å². The molecule has 0 aliphatic rings. The lowest BCUT2D eigenvalue weighted by molar-refractivity contribution is -0.134. The van der Waals surface area contributed by atoms with Crippen LogP contribution >= 0.6 is 0 Å². The first-order valence-electron chi connectivity index (χ1n) is 18.2. The molecule has 0 saturated carbocycles. The number of aliphatic hydroxyl groups excluding tert-OH is 1. The number of hydrogen-bond donors (Lipinski definition) is 1. The quantitative estimate of drug-likeness (QED) is 0.0891. The molecule has 0 radical (unpaired) electrons. The third-order valence-electron chi connectivity index (χ3n) is 8.30. The number of rotatable bonds is 29. The van der Waals surface area contributed by atoms with E-state index in [1.54, 1.807) is 7.11 Å². The third-order valence-corrected chi connectivity index (χ3v) is 8.30. The lowest BCUT2D eigenvalue weighted by Crippen LogP contribution is -2.36. The predicted octanol–water partition coefficient (Wildman–Crippen LogP) is 11.3. The zero-order valence-corrected chi connectivity index (χ0v) is 29.4. The zero-order valence-electron chi connectivity index (χ0n) is 29.4. The minimum Gasteiger partial charge on any atom is -0.393 e. The minimum atomic E-state index is -0.361. The molecule has 0 fully saturated rings. The van der Waals surface area contributed by atoms with E-state index in [2.05, 4.69) is 32.6 Å². The first-order valence-corrected chi connectivity index (χ1v) is 18.2. The van der Waals surface area contributed by atoms with E-state index in [1.807, 2.05) is 13.8 Å². The van der Waals surface area contributed by atoms with Crippen LogP contribution in [0.4, 0.5) is 0 Å². The fraction of sp³-hybridized carbons (Fsp3) is 0.973. The van der Waals surface area contributed by atoms with Gasteiger partial charge in [0.25, 0.3) is 0 Å². The van der Waals surface area contributed by atoms with Gasteiger partial charge in [-0.3, -0.25) is 4.79 Å². The second-order valence-electron chi connectivity index (χ2n) is 13.4. The molecule has 1 amide bonds. The van der Waals surface area contributed by atoms with Gasteiger partial charge >= 0.3 is 0 Å². The molecule has 0 aliphatic carbocycles. The van der Waals surface area contributed by atoms with E-state index < -0.39 is 0 Å². The van der Waals surface area contributed by atoms with Crippen LogP contribution in [0.2, 0.25) is 0 Å². The van der Waals surface area contributed by atoms with Gasteiger partial charge in [0.1, 0.15) is 0 Å². The summed E-state index contributed by atoms with van der Waals surface area (Å²) in [6.07, 6.45) is 33.0. The van der Waals surface area contributed by atoms with Crippen molar-refractivity contribution in [2.45, 2.75) is 201 Å². The molecule has 1 N–H and O–H groups in total. The Balaban J connectivity index is 0. The van der Waals surface area contributed by atoms with Crippen molar-refractivity contribution in [3.63, 3.8) is 0 Å². The highest BCUT2D eigenvalue weighted by Gasteiger charge is 2.16. The number of ether oxygens (including phenoxy) is 1. The third kappa shape index (κ3) is 32.1. The van der Waals surface area contributed by atoms with Gasteiger partial charge in [-0.15, -0.1) is 0 Å². The molecule has 0 rings (SSSR count). The van der Waals surface area contributed by atoms with Gasteiger partial charge in [-0.1, -0.05) is 169 Å². The van der Waals surface area contributed by atoms with Crippen LogP contribution in [0.5, 0.6) is 0 Å². The summed E-state index contributed by atoms with van der Waals surface area (Å²) in [5, 5.41) is 8.47. The Morgan fingerprint density at radius 1 is 0.585 bits per heavy atom. The van der Waals surface area contributed by atoms with Gasteiger partial charge in [0.05, 0.1) is 12.2 Å². The monoisotopic (exact) mass is 584 g/mol. The summed E-state index contributed by atoms with van der Waals surface area (Å²) in [5.41, 5.74) is -0.361. The highest BCUT2D eigenvalue weighted by atomic mass is 16.5. The summed E-state index contributed by atoms with van der Waals surface area (Å²) < 4.78 is 4.84. The van der Waals surface area contributed by atoms with Crippen molar-refractivity contribution >= 4 is 5.91 Å². The van der Waals surface area contributed by atoms with Crippen LogP contribution in [0.15, 0.2) is 0 Å². The van der Waals surface area contributed by atoms with E-state index in [1.165, 1.54) is 154 Å². The zero-order chi connectivity index (χ0) is 31.0. The Labute approximate surface area is 259 Å². The van der Waals surface area contributed by atoms with Crippen LogP contribution in [-0.4, -0.2) is 48.3 Å². The molecule has 0 saturated heterocycles. The van der Waals surface area contributed by atoms with Crippen LogP contribution in [0.3, 0.4) is 0 Å². The summed E-state index contributed by atoms with van der Waals surface area (Å²) in [6, 6.07) is 0. The van der Waals surface area contributed by atoms with Crippen LogP contribution in [-0.2, 0) is 9.53 Å². The maximum atomic E-state index is 12.6. The molecule has 0 atom stereocenters. The molecule has 0 bridgehead atoms. The molecule has 4 nitrogen and oxygen atoms in total. The number of nitrogens with zero attached hydrogens (tertiary/aromatic N) is 1. The smallest absolute Gasteiger partial charge is 0.225 e. The van der Waals surface area contributed by atoms with E-state index >= 15 is 0 Å². The van der Waals surface area contributed by atoms with Gasteiger partial charge < -0.3 is 14.7 Å². The molecule has 248 valence electrons. The number of methoxy groups -OCH3 is 1. The number of carbonyl (C=O) groups excluding carboxylic acids is 1. The van der Waals surface area contributed by atoms with E-state index in [4.69, 9.17) is 9.84 Å². The van der Waals surface area contributed by atoms with E-state index in [0.717, 1.165) is 13.1 Å². The van der Waals surface area contributed by atoms with Gasteiger partial charge in [-0.2, -0.15) is 0 Å². The first-order chi connectivity index (χ1) is 19.8. The largest absolute Gasteiger partial charge is 0.393 e. The topological polar surface area (TPSA) is 49.8 Å². The molecule has 41 heavy (non-hydrogen) atoms. The number of aliphatic hydroxyl groups is 1. The predicted molar refractivity (Wildman–Crippen MR) is 182 cm³/mol. The molecule has 0 aromatic carbocycles. The number of carbonyl (C=O) groups is 1. The standard InChI is InChI=1S/C32H65NO.C5H12O2/c1-5-7-9-11-13-15-17-19-21-23-25-27-29-33(32(34)31(3)4)30-28-26-24-22-20-18-16-14-12-10-8-6-2;1-5(2,4-6)7-3/h31H,5-30H2,1-4H3;6H,4H2,1-3H3. The summed E-state index contributed by atoms with van der Waals surface area (Å²) >= 11 is 0. The summed E-state index contributed by atoms with van der Waals surface area (Å²) in [6.45, 7) is 14.4. The molecule has 0 aromatic heterocycles. The molecule has 0 heterocycles. The molecule has 4 heteroatoms. The summed E-state index contributed by atoms with van der Waals surface area (Å²) in [7, 11) is 1.58. The maximum Gasteiger partial charge on any atom is 0.225 e. The van der Waals surface area contributed by atoms with E-state index in [-0.39, 0.29) is 18.1 Å². The normalized spacial score (nSPS) is 11.5. The highest BCUT2D eigenvalue weighted by Crippen LogP contribution is 2.15. The van der Waals surface area contributed by atoms with Gasteiger partial charge in [-0.25, -0.2) is 0 Å². The minimum absolute atomic E-state index is 0.0729. The van der Waals surface area contributed by atoms with Crippen molar-refractivity contribution in [2.24, 2.45) is 5.92 Å². The van der Waals surface area contributed by atoms with Crippen LogP contribution in [0.25, 0.3) is 0 Å². The highest BCUT2D eigenvalue weighted by molar-refractivity contribution is 5.78. The SMILES string of the molecule is CCCCCCCCCCCCCCN(CCCCCCCCCCCCCC)C(=O)C(C)C.COC(C)(C)CO. The maximum absolute atomic E-state index is 12.6. The van der Waals surface area contributed by atoms with Crippen molar-refractivity contribution in [2.75, 3.05) is 26.8 Å². The second-order valence-corrected chi connectivity index (χ2v) is 13.4. The molecule has 0 spiro atoms. The van der Waals surface area contributed by atoms with Crippen molar-refractivity contribution < 1.29 is 14.6 Å². The Bertz CT molecular complexity index is 486. The van der Waals surface area contributed by atoms with Crippen molar-refractivity contribution in [1.82, 2.24) is 4.90 Å². The fourth-order valence-corrected chi connectivity index (χ4v) is 5.05. The summed E-state index contributed by atoms with van der Waals surface area (Å²) in [5.74, 6) is 0.501. The average Bonchev–Trinajstić information content (AvgIpc) is 2.97. The van der Waals surface area contributed by atoms with Crippen molar-refractivity contribution in [3.8, 4) is 0 Å². The van der Waals surface area contributed by atoms with Crippen LogP contribution < -0.4 is 0 Å². The Morgan fingerprint density at radius 3 is 1.05 bits per heavy atom. The van der Waals surface area contributed by atoms with Crippen LogP contribution in [0.1, 0.15) is 196 Å². The number of unbranched alkanes of at least 4 members (excludes halogenated alkanes) is 22. The Morgan fingerprint density at radius 2 is 0.854 bits per heavy atom. The lowest BCUT2D eigenvalue weighted by Gasteiger charge is -2.24. The van der Waals surface area contributed by atoms with Crippen LogP contribution in [0, 0.1) is 5.92 Å². The van der Waals surface area contributed by atoms with E-state index in [0.29, 0.717) is 5.91 Å². The Kier molecular flexibility index (Phi) is 33.5. The van der Waals surface area contributed by atoms with Crippen molar-refractivity contribution in [3.05, 3.63) is 0 Å². The van der Waals surface area contributed by atoms with Gasteiger partial charge in [-0.05, 0) is 26.7 Å². The summed E-state index contributed by atoms with van der Waals surface area (Å²) in [4.78, 5) is 14.8. The molecule has 0 aliphatic heterocycles. The fourth-order valence-electron chi connectivity index (χ4n) is 5.05. The van der Waals surface area contributed by atoms with Gasteiger partial charge in [0, 0.05) is 26.1 Å². The molecule has 0 unspecified atom stereocenters. The van der Waals surface area contributed by atoms with Crippen molar-refractivity contribution in [1.29, 1.82) is 0 Å². The molecular weight excluding hydrogens is 506 g/mol. The lowest BCUT2D eigenvalue weighted by atomic mass is 10.0. The first kappa shape index (κ1) is 42.5. The van der Waals surface area contributed by atoms with Gasteiger partial charge in [0.2, 0.25) is 5.91 Å². The Hall–Kier alpha value is -0.610. The molecular formula is C37H77NO3. The number of hydrogen-bond acceptors (Lipinski definition) is 3. The second kappa shape index (κ2) is 32.3. The average molecular weight is 584 g/mol. The molecule has 0 aromatic rings.